The van der Waals surface area contributed by atoms with Gasteiger partial charge in [0.1, 0.15) is 5.75 Å². The number of rotatable bonds is 8. The number of halogens is 2. The van der Waals surface area contributed by atoms with E-state index in [9.17, 15) is 23.2 Å². The molecule has 0 radical (unpaired) electrons. The van der Waals surface area contributed by atoms with E-state index in [1.165, 1.54) is 12.1 Å². The number of benzene rings is 2. The van der Waals surface area contributed by atoms with Crippen molar-refractivity contribution >= 4 is 29.5 Å². The Balaban J connectivity index is 1.70. The average Bonchev–Trinajstić information content (AvgIpc) is 2.72. The van der Waals surface area contributed by atoms with Crippen molar-refractivity contribution in [2.45, 2.75) is 0 Å². The third-order valence-electron chi connectivity index (χ3n) is 3.52. The van der Waals surface area contributed by atoms with Gasteiger partial charge >= 0.3 is 5.97 Å². The second-order valence-electron chi connectivity index (χ2n) is 5.67. The zero-order valence-electron chi connectivity index (χ0n) is 15.4. The molecule has 152 valence electrons. The SMILES string of the molecule is COc1ccc(/C=C/C(=O)OCC(=O)NCC(=O)Nc2ccc(F)c(F)c2)cc1. The Morgan fingerprint density at radius 1 is 1.00 bits per heavy atom. The molecular formula is C20H18F2N2O5. The van der Waals surface area contributed by atoms with E-state index in [1.807, 2.05) is 0 Å². The molecule has 2 amide bonds. The maximum atomic E-state index is 13.1. The Hall–Kier alpha value is -3.75. The molecule has 2 aromatic carbocycles. The van der Waals surface area contributed by atoms with E-state index < -0.39 is 42.6 Å². The summed E-state index contributed by atoms with van der Waals surface area (Å²) in [6.07, 6.45) is 2.67. The van der Waals surface area contributed by atoms with Crippen molar-refractivity contribution in [3.63, 3.8) is 0 Å². The molecule has 0 aromatic heterocycles. The van der Waals surface area contributed by atoms with Gasteiger partial charge in [-0.25, -0.2) is 13.6 Å². The van der Waals surface area contributed by atoms with Crippen LogP contribution in [0.3, 0.4) is 0 Å². The quantitative estimate of drug-likeness (QED) is 0.520. The molecule has 0 bridgehead atoms. The van der Waals surface area contributed by atoms with Crippen LogP contribution in [-0.2, 0) is 19.1 Å². The van der Waals surface area contributed by atoms with Crippen LogP contribution in [0.1, 0.15) is 5.56 Å². The molecule has 0 aliphatic rings. The summed E-state index contributed by atoms with van der Waals surface area (Å²) >= 11 is 0. The zero-order valence-corrected chi connectivity index (χ0v) is 15.4. The molecule has 2 N–H and O–H groups in total. The van der Waals surface area contributed by atoms with Crippen LogP contribution in [0.15, 0.2) is 48.5 Å². The molecule has 0 fully saturated rings. The lowest BCUT2D eigenvalue weighted by Gasteiger charge is -2.07. The maximum Gasteiger partial charge on any atom is 0.331 e. The highest BCUT2D eigenvalue weighted by molar-refractivity contribution is 5.95. The van der Waals surface area contributed by atoms with E-state index in [-0.39, 0.29) is 5.69 Å². The van der Waals surface area contributed by atoms with Crippen LogP contribution in [-0.4, -0.2) is 38.0 Å². The number of carbonyl (C=O) groups excluding carboxylic acids is 3. The number of ether oxygens (including phenoxy) is 2. The van der Waals surface area contributed by atoms with E-state index in [1.54, 1.807) is 31.4 Å². The summed E-state index contributed by atoms with van der Waals surface area (Å²) in [7, 11) is 1.54. The molecule has 0 saturated heterocycles. The second-order valence-corrected chi connectivity index (χ2v) is 5.67. The summed E-state index contributed by atoms with van der Waals surface area (Å²) < 4.78 is 35.7. The van der Waals surface area contributed by atoms with E-state index in [4.69, 9.17) is 9.47 Å². The van der Waals surface area contributed by atoms with Crippen LogP contribution in [0.5, 0.6) is 5.75 Å². The second kappa shape index (κ2) is 10.5. The van der Waals surface area contributed by atoms with Gasteiger partial charge in [-0.1, -0.05) is 12.1 Å². The maximum absolute atomic E-state index is 13.1. The topological polar surface area (TPSA) is 93.7 Å². The van der Waals surface area contributed by atoms with Crippen LogP contribution < -0.4 is 15.4 Å². The standard InChI is InChI=1S/C20H18F2N2O5/c1-28-15-6-2-13(3-7-15)4-9-20(27)29-12-19(26)23-11-18(25)24-14-5-8-16(21)17(22)10-14/h2-10H,11-12H2,1H3,(H,23,26)(H,24,25)/b9-4+. The third-order valence-corrected chi connectivity index (χ3v) is 3.52. The highest BCUT2D eigenvalue weighted by atomic mass is 19.2. The molecule has 0 heterocycles. The van der Waals surface area contributed by atoms with Crippen LogP contribution >= 0.6 is 0 Å². The number of nitrogens with one attached hydrogen (secondary N) is 2. The first-order valence-electron chi connectivity index (χ1n) is 8.38. The van der Waals surface area contributed by atoms with Gasteiger partial charge < -0.3 is 20.1 Å². The number of hydrogen-bond donors (Lipinski definition) is 2. The highest BCUT2D eigenvalue weighted by Gasteiger charge is 2.09. The lowest BCUT2D eigenvalue weighted by Crippen LogP contribution is -2.35. The third kappa shape index (κ3) is 7.41. The molecule has 29 heavy (non-hydrogen) atoms. The summed E-state index contributed by atoms with van der Waals surface area (Å²) in [5.41, 5.74) is 0.777. The monoisotopic (exact) mass is 404 g/mol. The number of methoxy groups -OCH3 is 1. The summed E-state index contributed by atoms with van der Waals surface area (Å²) in [5, 5.41) is 4.53. The Morgan fingerprint density at radius 3 is 2.38 bits per heavy atom. The van der Waals surface area contributed by atoms with Gasteiger partial charge in [0.2, 0.25) is 5.91 Å². The van der Waals surface area contributed by atoms with Gasteiger partial charge in [-0.2, -0.15) is 0 Å². The Bertz CT molecular complexity index is 914. The first-order chi connectivity index (χ1) is 13.9. The molecule has 0 aliphatic heterocycles. The van der Waals surface area contributed by atoms with E-state index in [0.29, 0.717) is 5.75 Å². The lowest BCUT2D eigenvalue weighted by atomic mass is 10.2. The minimum Gasteiger partial charge on any atom is -0.497 e. The summed E-state index contributed by atoms with van der Waals surface area (Å²) in [6, 6.07) is 9.78. The first-order valence-corrected chi connectivity index (χ1v) is 8.38. The van der Waals surface area contributed by atoms with Gasteiger partial charge in [-0.05, 0) is 35.9 Å². The molecule has 2 rings (SSSR count). The summed E-state index contributed by atoms with van der Waals surface area (Å²) in [5.74, 6) is -3.57. The Kier molecular flexibility index (Phi) is 7.84. The summed E-state index contributed by atoms with van der Waals surface area (Å²) in [6.45, 7) is -1.01. The smallest absolute Gasteiger partial charge is 0.331 e. The van der Waals surface area contributed by atoms with Gasteiger partial charge in [-0.3, -0.25) is 9.59 Å². The Morgan fingerprint density at radius 2 is 1.72 bits per heavy atom. The predicted octanol–water partition coefficient (Wildman–Crippen LogP) is 2.28. The van der Waals surface area contributed by atoms with Crippen molar-refractivity contribution in [2.24, 2.45) is 0 Å². The zero-order chi connectivity index (χ0) is 21.2. The van der Waals surface area contributed by atoms with Gasteiger partial charge in [-0.15, -0.1) is 0 Å². The number of hydrogen-bond acceptors (Lipinski definition) is 5. The fourth-order valence-corrected chi connectivity index (χ4v) is 2.07. The predicted molar refractivity (Wildman–Crippen MR) is 101 cm³/mol. The van der Waals surface area contributed by atoms with E-state index >= 15 is 0 Å². The van der Waals surface area contributed by atoms with Crippen molar-refractivity contribution in [3.8, 4) is 5.75 Å². The minimum absolute atomic E-state index is 0.0400. The van der Waals surface area contributed by atoms with Crippen LogP contribution in [0.25, 0.3) is 6.08 Å². The molecule has 0 spiro atoms. The molecule has 0 atom stereocenters. The molecule has 7 nitrogen and oxygen atoms in total. The van der Waals surface area contributed by atoms with Gasteiger partial charge in [0.05, 0.1) is 13.7 Å². The van der Waals surface area contributed by atoms with Crippen LogP contribution in [0.4, 0.5) is 14.5 Å². The molecule has 0 unspecified atom stereocenters. The lowest BCUT2D eigenvalue weighted by molar-refractivity contribution is -0.143. The van der Waals surface area contributed by atoms with Crippen molar-refractivity contribution in [1.29, 1.82) is 0 Å². The molecule has 9 heteroatoms. The Labute approximate surface area is 165 Å². The normalized spacial score (nSPS) is 10.4. The van der Waals surface area contributed by atoms with Crippen molar-refractivity contribution < 1.29 is 32.6 Å². The average molecular weight is 404 g/mol. The highest BCUT2D eigenvalue weighted by Crippen LogP contribution is 2.13. The largest absolute Gasteiger partial charge is 0.497 e. The van der Waals surface area contributed by atoms with E-state index in [0.717, 1.165) is 23.8 Å². The van der Waals surface area contributed by atoms with Gasteiger partial charge in [0.15, 0.2) is 18.2 Å². The number of carbonyl (C=O) groups is 3. The van der Waals surface area contributed by atoms with Gasteiger partial charge in [0.25, 0.3) is 5.91 Å². The fourth-order valence-electron chi connectivity index (χ4n) is 2.07. The molecule has 2 aromatic rings. The van der Waals surface area contributed by atoms with Gasteiger partial charge in [0, 0.05) is 17.8 Å². The van der Waals surface area contributed by atoms with Crippen molar-refractivity contribution in [1.82, 2.24) is 5.32 Å². The number of amides is 2. The fraction of sp³-hybridized carbons (Fsp3) is 0.150. The molecule has 0 aliphatic carbocycles. The number of anilines is 1. The van der Waals surface area contributed by atoms with E-state index in [2.05, 4.69) is 10.6 Å². The molecular weight excluding hydrogens is 386 g/mol. The first kappa shape index (κ1) is 21.5. The number of esters is 1. The minimum atomic E-state index is -1.11. The summed E-state index contributed by atoms with van der Waals surface area (Å²) in [4.78, 5) is 34.9. The van der Waals surface area contributed by atoms with Crippen LogP contribution in [0.2, 0.25) is 0 Å². The van der Waals surface area contributed by atoms with Crippen molar-refractivity contribution in [2.75, 3.05) is 25.6 Å². The van der Waals surface area contributed by atoms with Crippen LogP contribution in [0, 0.1) is 11.6 Å². The molecule has 0 saturated carbocycles. The van der Waals surface area contributed by atoms with Crippen molar-refractivity contribution in [3.05, 3.63) is 65.7 Å².